The van der Waals surface area contributed by atoms with Gasteiger partial charge >= 0.3 is 7.82 Å². The molecule has 0 aliphatic heterocycles. The van der Waals surface area contributed by atoms with Gasteiger partial charge in [0, 0.05) is 33.1 Å². The topological polar surface area (TPSA) is 86.3 Å². The molecule has 0 saturated heterocycles. The highest BCUT2D eigenvalue weighted by Gasteiger charge is 2.23. The molecule has 0 aliphatic rings. The third-order valence-electron chi connectivity index (χ3n) is 4.84. The molecule has 0 bridgehead atoms. The number of phosphoric acid groups is 1. The molecule has 0 spiro atoms. The van der Waals surface area contributed by atoms with Crippen molar-refractivity contribution in [1.82, 2.24) is 5.32 Å². The first kappa shape index (κ1) is 32.1. The van der Waals surface area contributed by atoms with E-state index in [9.17, 15) is 9.46 Å². The Balaban J connectivity index is 3.55. The van der Waals surface area contributed by atoms with Crippen LogP contribution in [-0.4, -0.2) is 58.1 Å². The molecule has 192 valence electrons. The predicted octanol–water partition coefficient (Wildman–Crippen LogP) is 5.08. The molecule has 0 aromatic heterocycles. The number of ether oxygens (including phenoxy) is 2. The quantitative estimate of drug-likeness (QED) is 0.133. The second-order valence-electron chi connectivity index (χ2n) is 7.85. The third-order valence-corrected chi connectivity index (χ3v) is 5.82. The Kier molecular flexibility index (Phi) is 23.6. The monoisotopic (exact) mass is 487 g/mol. The Morgan fingerprint density at radius 3 is 2.12 bits per heavy atom. The van der Waals surface area contributed by atoms with E-state index in [2.05, 4.69) is 35.9 Å². The summed E-state index contributed by atoms with van der Waals surface area (Å²) in [6, 6.07) is 0. The molecule has 0 saturated carbocycles. The van der Waals surface area contributed by atoms with Gasteiger partial charge in [-0.25, -0.2) is 4.57 Å². The number of rotatable bonds is 21. The largest absolute Gasteiger partial charge is 0.472 e. The summed E-state index contributed by atoms with van der Waals surface area (Å²) in [7, 11) is -0.804. The van der Waals surface area contributed by atoms with Gasteiger partial charge in [-0.05, 0) is 26.3 Å². The maximum atomic E-state index is 11.7. The minimum atomic E-state index is -4.06. The predicted molar refractivity (Wildman–Crippen MR) is 134 cm³/mol. The van der Waals surface area contributed by atoms with E-state index in [0.29, 0.717) is 26.2 Å². The molecule has 0 aromatic rings. The van der Waals surface area contributed by atoms with Crippen LogP contribution < -0.4 is 5.32 Å². The second kappa shape index (κ2) is 24.2. The first-order chi connectivity index (χ1) is 16.1. The molecule has 0 aromatic carbocycles. The number of hydrogen-bond donors (Lipinski definition) is 2. The van der Waals surface area contributed by atoms with Gasteiger partial charge in [0.1, 0.15) is 6.10 Å². The summed E-state index contributed by atoms with van der Waals surface area (Å²) in [6.07, 6.45) is 12.8. The molecular weight excluding hydrogens is 441 g/mol. The van der Waals surface area contributed by atoms with Crippen LogP contribution in [0.15, 0.2) is 0 Å². The summed E-state index contributed by atoms with van der Waals surface area (Å²) in [5, 5.41) is 2.83. The van der Waals surface area contributed by atoms with Gasteiger partial charge in [-0.3, -0.25) is 9.05 Å². The Labute approximate surface area is 202 Å². The van der Waals surface area contributed by atoms with E-state index in [4.69, 9.17) is 18.5 Å². The molecule has 8 heteroatoms. The van der Waals surface area contributed by atoms with Crippen LogP contribution in [0, 0.1) is 23.7 Å². The van der Waals surface area contributed by atoms with Crippen molar-refractivity contribution < 1.29 is 28.0 Å². The number of nitrogens with one attached hydrogen (secondary N) is 1. The van der Waals surface area contributed by atoms with Crippen LogP contribution in [0.25, 0.3) is 0 Å². The Morgan fingerprint density at radius 2 is 1.48 bits per heavy atom. The molecule has 0 fully saturated rings. The van der Waals surface area contributed by atoms with Crippen molar-refractivity contribution in [3.63, 3.8) is 0 Å². The highest BCUT2D eigenvalue weighted by atomic mass is 31.2. The van der Waals surface area contributed by atoms with Gasteiger partial charge in [-0.2, -0.15) is 0 Å². The molecule has 2 unspecified atom stereocenters. The van der Waals surface area contributed by atoms with Crippen molar-refractivity contribution in [1.29, 1.82) is 0 Å². The van der Waals surface area contributed by atoms with Gasteiger partial charge in [-0.15, -0.1) is 11.8 Å². The van der Waals surface area contributed by atoms with Crippen LogP contribution in [0.3, 0.4) is 0 Å². The molecule has 33 heavy (non-hydrogen) atoms. The summed E-state index contributed by atoms with van der Waals surface area (Å²) in [4.78, 5) is 9.59. The molecule has 0 rings (SSSR count). The molecule has 2 N–H and O–H groups in total. The third kappa shape index (κ3) is 24.0. The van der Waals surface area contributed by atoms with Gasteiger partial charge in [0.2, 0.25) is 0 Å². The summed E-state index contributed by atoms with van der Waals surface area (Å²) < 4.78 is 32.4. The van der Waals surface area contributed by atoms with Gasteiger partial charge in [0.15, 0.2) is 0 Å². The SMILES string of the molecule is CCCCCC#CCC#CCCCCCCCCOCC(COP(=O)(O)OCCNC)OC. The Bertz CT molecular complexity index is 607. The fraction of sp³-hybridized carbons (Fsp3) is 0.840. The van der Waals surface area contributed by atoms with Gasteiger partial charge in [0.05, 0.1) is 26.2 Å². The smallest absolute Gasteiger partial charge is 0.379 e. The number of phosphoric ester groups is 1. The summed E-state index contributed by atoms with van der Waals surface area (Å²) in [6.45, 7) is 3.66. The minimum absolute atomic E-state index is 0.0573. The lowest BCUT2D eigenvalue weighted by Crippen LogP contribution is -2.24. The van der Waals surface area contributed by atoms with Crippen LogP contribution in [0.2, 0.25) is 0 Å². The van der Waals surface area contributed by atoms with E-state index < -0.39 is 13.9 Å². The van der Waals surface area contributed by atoms with E-state index in [-0.39, 0.29) is 13.2 Å². The van der Waals surface area contributed by atoms with E-state index in [1.165, 1.54) is 45.6 Å². The Morgan fingerprint density at radius 1 is 0.848 bits per heavy atom. The van der Waals surface area contributed by atoms with Crippen molar-refractivity contribution in [2.75, 3.05) is 47.1 Å². The average Bonchev–Trinajstić information content (AvgIpc) is 2.80. The molecule has 0 aliphatic carbocycles. The van der Waals surface area contributed by atoms with Crippen LogP contribution in [0.1, 0.15) is 84.0 Å². The molecule has 2 atom stereocenters. The zero-order valence-corrected chi connectivity index (χ0v) is 21.9. The zero-order valence-electron chi connectivity index (χ0n) is 21.0. The molecular formula is C25H46NO6P. The van der Waals surface area contributed by atoms with Crippen LogP contribution >= 0.6 is 7.82 Å². The van der Waals surface area contributed by atoms with Gasteiger partial charge < -0.3 is 19.7 Å². The summed E-state index contributed by atoms with van der Waals surface area (Å²) >= 11 is 0. The summed E-state index contributed by atoms with van der Waals surface area (Å²) in [5.74, 6) is 12.7. The minimum Gasteiger partial charge on any atom is -0.379 e. The molecule has 0 amide bonds. The maximum absolute atomic E-state index is 11.7. The summed E-state index contributed by atoms with van der Waals surface area (Å²) in [5.41, 5.74) is 0. The molecule has 0 heterocycles. The average molecular weight is 488 g/mol. The van der Waals surface area contributed by atoms with Crippen molar-refractivity contribution in [3.8, 4) is 23.7 Å². The van der Waals surface area contributed by atoms with Crippen molar-refractivity contribution >= 4 is 7.82 Å². The van der Waals surface area contributed by atoms with Crippen LogP contribution in [-0.2, 0) is 23.1 Å². The van der Waals surface area contributed by atoms with E-state index in [0.717, 1.165) is 32.1 Å². The number of unbranched alkanes of at least 4 members (excludes halogenated alkanes) is 9. The molecule has 7 nitrogen and oxygen atoms in total. The fourth-order valence-electron chi connectivity index (χ4n) is 2.81. The first-order valence-corrected chi connectivity index (χ1v) is 13.8. The van der Waals surface area contributed by atoms with Crippen LogP contribution in [0.4, 0.5) is 0 Å². The number of likely N-dealkylation sites (N-methyl/N-ethyl adjacent to an activating group) is 1. The first-order valence-electron chi connectivity index (χ1n) is 12.3. The maximum Gasteiger partial charge on any atom is 0.472 e. The van der Waals surface area contributed by atoms with E-state index in [1.807, 2.05) is 0 Å². The standard InChI is InChI=1S/C25H46NO6P/c1-4-5-6-7-8-9-10-11-12-13-14-15-16-17-18-19-21-30-23-25(29-3)24-32-33(27,28)31-22-20-26-2/h25-26H,4-7,10,13-24H2,1-3H3,(H,27,28). The zero-order chi connectivity index (χ0) is 24.5. The highest BCUT2D eigenvalue weighted by Crippen LogP contribution is 2.43. The van der Waals surface area contributed by atoms with Crippen molar-refractivity contribution in [2.24, 2.45) is 0 Å². The van der Waals surface area contributed by atoms with E-state index in [1.54, 1.807) is 7.05 Å². The highest BCUT2D eigenvalue weighted by molar-refractivity contribution is 7.47. The van der Waals surface area contributed by atoms with E-state index >= 15 is 0 Å². The van der Waals surface area contributed by atoms with Gasteiger partial charge in [0.25, 0.3) is 0 Å². The van der Waals surface area contributed by atoms with Gasteiger partial charge in [-0.1, -0.05) is 57.3 Å². The second-order valence-corrected chi connectivity index (χ2v) is 9.30. The lowest BCUT2D eigenvalue weighted by molar-refractivity contribution is -0.0220. The van der Waals surface area contributed by atoms with Crippen molar-refractivity contribution in [2.45, 2.75) is 90.1 Å². The molecule has 0 radical (unpaired) electrons. The van der Waals surface area contributed by atoms with Crippen molar-refractivity contribution in [3.05, 3.63) is 0 Å². The number of hydrogen-bond acceptors (Lipinski definition) is 6. The lowest BCUT2D eigenvalue weighted by atomic mass is 10.1. The van der Waals surface area contributed by atoms with Crippen LogP contribution in [0.5, 0.6) is 0 Å². The Hall–Kier alpha value is -0.890. The lowest BCUT2D eigenvalue weighted by Gasteiger charge is -2.18. The normalized spacial score (nSPS) is 13.5. The fourth-order valence-corrected chi connectivity index (χ4v) is 3.56. The number of methoxy groups -OCH3 is 1.